The number of rotatable bonds is 6. The number of carbonyl (C=O) groups excluding carboxylic acids is 1. The minimum atomic E-state index is -4.62. The molecule has 1 N–H and O–H groups in total. The molecule has 0 aliphatic rings. The second kappa shape index (κ2) is 8.94. The Morgan fingerprint density at radius 2 is 1.88 bits per heavy atom. The molecule has 4 aromatic rings. The zero-order valence-electron chi connectivity index (χ0n) is 16.3. The molecule has 12 heteroatoms. The topological polar surface area (TPSA) is 90.4 Å². The van der Waals surface area contributed by atoms with Crippen molar-refractivity contribution in [1.29, 1.82) is 0 Å². The van der Waals surface area contributed by atoms with Crippen molar-refractivity contribution in [3.05, 3.63) is 71.2 Å². The molecule has 170 valence electrons. The molecule has 2 aromatic carbocycles. The van der Waals surface area contributed by atoms with Gasteiger partial charge in [-0.1, -0.05) is 11.6 Å². The summed E-state index contributed by atoms with van der Waals surface area (Å²) in [6, 6.07) is 10.4. The van der Waals surface area contributed by atoms with Crippen molar-refractivity contribution < 1.29 is 35.9 Å². The second-order valence-electron chi connectivity index (χ2n) is 6.58. The summed E-state index contributed by atoms with van der Waals surface area (Å²) >= 11 is 5.87. The van der Waals surface area contributed by atoms with E-state index in [1.807, 2.05) is 0 Å². The van der Waals surface area contributed by atoms with E-state index >= 15 is 0 Å². The third kappa shape index (κ3) is 5.32. The van der Waals surface area contributed by atoms with E-state index < -0.39 is 24.5 Å². The molecular weight excluding hydrogens is 470 g/mol. The number of nitrogens with one attached hydrogen (secondary N) is 1. The summed E-state index contributed by atoms with van der Waals surface area (Å²) in [4.78, 5) is 12.7. The van der Waals surface area contributed by atoms with Gasteiger partial charge in [0.15, 0.2) is 12.4 Å². The number of furan rings is 1. The first-order chi connectivity index (χ1) is 15.7. The fourth-order valence-corrected chi connectivity index (χ4v) is 2.92. The van der Waals surface area contributed by atoms with Gasteiger partial charge in [0.05, 0.1) is 17.5 Å². The predicted molar refractivity (Wildman–Crippen MR) is 108 cm³/mol. The van der Waals surface area contributed by atoms with Gasteiger partial charge in [-0.05, 0) is 48.5 Å². The Labute approximate surface area is 187 Å². The first-order valence-electron chi connectivity index (χ1n) is 9.17. The Morgan fingerprint density at radius 3 is 2.61 bits per heavy atom. The van der Waals surface area contributed by atoms with E-state index in [1.165, 1.54) is 24.5 Å². The smallest absolute Gasteiger partial charge is 0.422 e. The Hall–Kier alpha value is -3.86. The Bertz CT molecular complexity index is 1290. The number of hydrogen-bond donors (Lipinski definition) is 1. The average molecular weight is 482 g/mol. The monoisotopic (exact) mass is 481 g/mol. The highest BCUT2D eigenvalue weighted by Gasteiger charge is 2.29. The minimum absolute atomic E-state index is 0.0221. The molecule has 2 heterocycles. The number of aromatic nitrogens is 2. The van der Waals surface area contributed by atoms with Crippen LogP contribution in [-0.2, 0) is 0 Å². The predicted octanol–water partition coefficient (Wildman–Crippen LogP) is 5.98. The molecule has 0 unspecified atom stereocenters. The van der Waals surface area contributed by atoms with Crippen molar-refractivity contribution in [2.24, 2.45) is 0 Å². The van der Waals surface area contributed by atoms with Crippen LogP contribution in [0.4, 0.5) is 23.2 Å². The van der Waals surface area contributed by atoms with Crippen LogP contribution in [0.2, 0.25) is 5.02 Å². The van der Waals surface area contributed by atoms with Crippen molar-refractivity contribution >= 4 is 23.2 Å². The van der Waals surface area contributed by atoms with Gasteiger partial charge in [0.25, 0.3) is 11.8 Å². The number of halogens is 5. The lowest BCUT2D eigenvalue weighted by Crippen LogP contribution is -2.21. The van der Waals surface area contributed by atoms with Crippen LogP contribution in [0, 0.1) is 5.82 Å². The van der Waals surface area contributed by atoms with Gasteiger partial charge in [-0.25, -0.2) is 4.39 Å². The van der Waals surface area contributed by atoms with Gasteiger partial charge in [0.1, 0.15) is 11.6 Å². The number of nitrogens with zero attached hydrogens (tertiary/aromatic N) is 2. The lowest BCUT2D eigenvalue weighted by Gasteiger charge is -2.14. The highest BCUT2D eigenvalue weighted by molar-refractivity contribution is 6.31. The molecule has 0 aliphatic heterocycles. The molecule has 0 saturated carbocycles. The molecule has 0 radical (unpaired) electrons. The van der Waals surface area contributed by atoms with E-state index in [1.54, 1.807) is 12.1 Å². The van der Waals surface area contributed by atoms with Crippen molar-refractivity contribution in [3.8, 4) is 28.9 Å². The summed E-state index contributed by atoms with van der Waals surface area (Å²) in [7, 11) is 0. The Balaban J connectivity index is 1.59. The number of benzene rings is 2. The molecule has 0 bridgehead atoms. The van der Waals surface area contributed by atoms with Gasteiger partial charge < -0.3 is 18.9 Å². The molecule has 0 fully saturated rings. The number of alkyl halides is 3. The van der Waals surface area contributed by atoms with Gasteiger partial charge in [-0.15, -0.1) is 10.2 Å². The molecule has 4 rings (SSSR count). The van der Waals surface area contributed by atoms with Gasteiger partial charge in [0, 0.05) is 10.6 Å². The number of carbonyl (C=O) groups is 1. The molecule has 1 amide bonds. The lowest BCUT2D eigenvalue weighted by atomic mass is 10.1. The van der Waals surface area contributed by atoms with Crippen LogP contribution in [-0.4, -0.2) is 28.9 Å². The molecular formula is C21H12ClF4N3O4. The van der Waals surface area contributed by atoms with E-state index in [2.05, 4.69) is 15.5 Å². The summed E-state index contributed by atoms with van der Waals surface area (Å²) < 4.78 is 67.3. The zero-order valence-corrected chi connectivity index (χ0v) is 17.1. The fraction of sp³-hybridized carbons (Fsp3) is 0.0952. The van der Waals surface area contributed by atoms with Crippen LogP contribution in [0.15, 0.2) is 63.6 Å². The summed E-state index contributed by atoms with van der Waals surface area (Å²) in [5, 5.41) is 10.1. The quantitative estimate of drug-likeness (QED) is 0.341. The Morgan fingerprint density at radius 1 is 1.09 bits per heavy atom. The second-order valence-corrected chi connectivity index (χ2v) is 7.02. The highest BCUT2D eigenvalue weighted by Crippen LogP contribution is 2.30. The maximum absolute atomic E-state index is 14.4. The van der Waals surface area contributed by atoms with E-state index in [4.69, 9.17) is 25.2 Å². The third-order valence-electron chi connectivity index (χ3n) is 4.20. The van der Waals surface area contributed by atoms with Crippen LogP contribution in [0.25, 0.3) is 23.1 Å². The lowest BCUT2D eigenvalue weighted by molar-refractivity contribution is -0.153. The molecule has 7 nitrogen and oxygen atoms in total. The van der Waals surface area contributed by atoms with E-state index in [0.29, 0.717) is 5.76 Å². The van der Waals surface area contributed by atoms with Gasteiger partial charge in [0.2, 0.25) is 5.89 Å². The first-order valence-corrected chi connectivity index (χ1v) is 9.55. The Kier molecular flexibility index (Phi) is 6.05. The van der Waals surface area contributed by atoms with Crippen LogP contribution in [0.5, 0.6) is 5.75 Å². The van der Waals surface area contributed by atoms with Gasteiger partial charge in [-0.2, -0.15) is 13.2 Å². The number of anilines is 1. The van der Waals surface area contributed by atoms with E-state index in [9.17, 15) is 22.4 Å². The third-order valence-corrected chi connectivity index (χ3v) is 4.43. The summed E-state index contributed by atoms with van der Waals surface area (Å²) in [6.45, 7) is -1.62. The normalized spacial score (nSPS) is 11.4. The van der Waals surface area contributed by atoms with Crippen LogP contribution in [0.1, 0.15) is 10.4 Å². The van der Waals surface area contributed by atoms with Crippen LogP contribution < -0.4 is 10.1 Å². The molecule has 0 aliphatic carbocycles. The zero-order chi connectivity index (χ0) is 23.6. The largest absolute Gasteiger partial charge is 0.483 e. The molecule has 0 spiro atoms. The van der Waals surface area contributed by atoms with Crippen LogP contribution >= 0.6 is 11.6 Å². The van der Waals surface area contributed by atoms with Gasteiger partial charge >= 0.3 is 6.18 Å². The maximum Gasteiger partial charge on any atom is 0.422 e. The molecule has 2 aromatic heterocycles. The summed E-state index contributed by atoms with van der Waals surface area (Å²) in [6.07, 6.45) is -3.19. The molecule has 33 heavy (non-hydrogen) atoms. The average Bonchev–Trinajstić information content (AvgIpc) is 3.45. The van der Waals surface area contributed by atoms with E-state index in [-0.39, 0.29) is 39.4 Å². The first kappa shape index (κ1) is 22.3. The molecule has 0 saturated heterocycles. The highest BCUT2D eigenvalue weighted by atomic mass is 35.5. The SMILES string of the molecule is O=C(Nc1cc(-c2nnc(-c3ccco3)o2)ccc1F)c1cc(Cl)ccc1OCC(F)(F)F. The van der Waals surface area contributed by atoms with E-state index in [0.717, 1.165) is 18.2 Å². The number of ether oxygens (including phenoxy) is 1. The minimum Gasteiger partial charge on any atom is -0.483 e. The van der Waals surface area contributed by atoms with Gasteiger partial charge in [-0.3, -0.25) is 4.79 Å². The van der Waals surface area contributed by atoms with Crippen molar-refractivity contribution in [3.63, 3.8) is 0 Å². The summed E-state index contributed by atoms with van der Waals surface area (Å²) in [5.74, 6) is -1.67. The summed E-state index contributed by atoms with van der Waals surface area (Å²) in [5.41, 5.74) is -0.317. The van der Waals surface area contributed by atoms with Crippen LogP contribution in [0.3, 0.4) is 0 Å². The molecule has 0 atom stereocenters. The maximum atomic E-state index is 14.4. The fourth-order valence-electron chi connectivity index (χ4n) is 2.75. The van der Waals surface area contributed by atoms with Crippen molar-refractivity contribution in [2.75, 3.05) is 11.9 Å². The van der Waals surface area contributed by atoms with Crippen molar-refractivity contribution in [1.82, 2.24) is 10.2 Å². The van der Waals surface area contributed by atoms with Crippen molar-refractivity contribution in [2.45, 2.75) is 6.18 Å². The standard InChI is InChI=1S/C21H12ClF4N3O4/c22-12-4-6-16(32-10-21(24,25)26)13(9-12)18(30)27-15-8-11(3-5-14(15)23)19-28-29-20(33-19)17-2-1-7-31-17/h1-9H,10H2,(H,27,30). The number of hydrogen-bond acceptors (Lipinski definition) is 6. The number of amides is 1.